The molecule has 0 radical (unpaired) electrons. The van der Waals surface area contributed by atoms with Crippen molar-refractivity contribution < 1.29 is 4.74 Å². The molecule has 0 amide bonds. The monoisotopic (exact) mass is 243 g/mol. The molecule has 2 heteroatoms. The second kappa shape index (κ2) is 4.77. The highest BCUT2D eigenvalue weighted by molar-refractivity contribution is 5.28. The van der Waals surface area contributed by atoms with Crippen molar-refractivity contribution in [1.29, 1.82) is 0 Å². The molecular weight excluding hydrogens is 222 g/mol. The summed E-state index contributed by atoms with van der Waals surface area (Å²) in [4.78, 5) is 0. The fourth-order valence-electron chi connectivity index (χ4n) is 3.16. The number of nitrogens with two attached hydrogens (primary N) is 1. The Kier molecular flexibility index (Phi) is 3.13. The van der Waals surface area contributed by atoms with Crippen molar-refractivity contribution in [2.45, 2.75) is 25.8 Å². The van der Waals surface area contributed by atoms with Gasteiger partial charge in [0, 0.05) is 6.04 Å². The Hall–Kier alpha value is -1.28. The molecule has 1 aromatic carbocycles. The molecular formula is C16H21NO. The summed E-state index contributed by atoms with van der Waals surface area (Å²) in [5, 5.41) is 0. The zero-order chi connectivity index (χ0) is 12.5. The van der Waals surface area contributed by atoms with Crippen LogP contribution in [0.3, 0.4) is 0 Å². The molecule has 1 aromatic rings. The summed E-state index contributed by atoms with van der Waals surface area (Å²) in [6.45, 7) is 2.85. The SMILES string of the molecule is CC(N)c1ccc(OCC2CC3C=CC2C3)cc1. The number of ether oxygens (including phenoxy) is 1. The van der Waals surface area contributed by atoms with Crippen LogP contribution in [0.2, 0.25) is 0 Å². The summed E-state index contributed by atoms with van der Waals surface area (Å²) < 4.78 is 5.90. The van der Waals surface area contributed by atoms with Crippen molar-refractivity contribution in [3.63, 3.8) is 0 Å². The molecule has 2 aliphatic rings. The van der Waals surface area contributed by atoms with Gasteiger partial charge in [0.2, 0.25) is 0 Å². The Morgan fingerprint density at radius 1 is 1.22 bits per heavy atom. The van der Waals surface area contributed by atoms with Gasteiger partial charge >= 0.3 is 0 Å². The lowest BCUT2D eigenvalue weighted by molar-refractivity contribution is 0.227. The second-order valence-corrected chi connectivity index (χ2v) is 5.71. The summed E-state index contributed by atoms with van der Waals surface area (Å²) in [6.07, 6.45) is 7.40. The molecule has 0 spiro atoms. The van der Waals surface area contributed by atoms with Crippen LogP contribution in [0.5, 0.6) is 5.75 Å². The minimum absolute atomic E-state index is 0.0924. The van der Waals surface area contributed by atoms with Gasteiger partial charge in [-0.15, -0.1) is 0 Å². The molecule has 4 atom stereocenters. The average molecular weight is 243 g/mol. The molecule has 96 valence electrons. The van der Waals surface area contributed by atoms with Gasteiger partial charge in [-0.05, 0) is 55.2 Å². The van der Waals surface area contributed by atoms with Crippen LogP contribution in [0.15, 0.2) is 36.4 Å². The van der Waals surface area contributed by atoms with E-state index in [-0.39, 0.29) is 6.04 Å². The minimum Gasteiger partial charge on any atom is -0.493 e. The number of rotatable bonds is 4. The topological polar surface area (TPSA) is 35.2 Å². The maximum atomic E-state index is 5.90. The van der Waals surface area contributed by atoms with E-state index >= 15 is 0 Å². The highest BCUT2D eigenvalue weighted by Crippen LogP contribution is 2.43. The van der Waals surface area contributed by atoms with Crippen LogP contribution in [0.25, 0.3) is 0 Å². The van der Waals surface area contributed by atoms with Crippen LogP contribution < -0.4 is 10.5 Å². The Morgan fingerprint density at radius 2 is 2.00 bits per heavy atom. The van der Waals surface area contributed by atoms with Crippen molar-refractivity contribution in [3.8, 4) is 5.75 Å². The molecule has 2 N–H and O–H groups in total. The van der Waals surface area contributed by atoms with Crippen molar-refractivity contribution in [2.24, 2.45) is 23.5 Å². The summed E-state index contributed by atoms with van der Waals surface area (Å²) >= 11 is 0. The van der Waals surface area contributed by atoms with Crippen LogP contribution in [-0.4, -0.2) is 6.61 Å². The van der Waals surface area contributed by atoms with Crippen molar-refractivity contribution >= 4 is 0 Å². The molecule has 4 unspecified atom stereocenters. The van der Waals surface area contributed by atoms with E-state index in [1.807, 2.05) is 19.1 Å². The summed E-state index contributed by atoms with van der Waals surface area (Å²) in [7, 11) is 0. The lowest BCUT2D eigenvalue weighted by Gasteiger charge is -2.18. The van der Waals surface area contributed by atoms with E-state index in [1.165, 1.54) is 12.8 Å². The summed E-state index contributed by atoms with van der Waals surface area (Å²) in [6, 6.07) is 8.26. The van der Waals surface area contributed by atoms with Gasteiger partial charge in [-0.2, -0.15) is 0 Å². The number of hydrogen-bond acceptors (Lipinski definition) is 2. The molecule has 3 rings (SSSR count). The van der Waals surface area contributed by atoms with Gasteiger partial charge in [-0.1, -0.05) is 24.3 Å². The van der Waals surface area contributed by atoms with E-state index in [0.717, 1.165) is 29.8 Å². The molecule has 2 aliphatic carbocycles. The Morgan fingerprint density at radius 3 is 2.56 bits per heavy atom. The minimum atomic E-state index is 0.0924. The van der Waals surface area contributed by atoms with E-state index in [0.29, 0.717) is 5.92 Å². The van der Waals surface area contributed by atoms with E-state index in [2.05, 4.69) is 24.3 Å². The molecule has 1 saturated carbocycles. The standard InChI is InChI=1S/C16H21NO/c1-11(17)13-4-6-16(7-5-13)18-10-15-9-12-2-3-14(15)8-12/h2-7,11-12,14-15H,8-10,17H2,1H3. The van der Waals surface area contributed by atoms with E-state index in [4.69, 9.17) is 10.5 Å². The third-order valence-electron chi connectivity index (χ3n) is 4.29. The highest BCUT2D eigenvalue weighted by atomic mass is 16.5. The van der Waals surface area contributed by atoms with Gasteiger partial charge in [-0.3, -0.25) is 0 Å². The highest BCUT2D eigenvalue weighted by Gasteiger charge is 2.35. The summed E-state index contributed by atoms with van der Waals surface area (Å²) in [5.41, 5.74) is 6.99. The van der Waals surface area contributed by atoms with Gasteiger partial charge in [0.1, 0.15) is 5.75 Å². The molecule has 0 heterocycles. The van der Waals surface area contributed by atoms with Gasteiger partial charge in [0.05, 0.1) is 6.61 Å². The zero-order valence-electron chi connectivity index (χ0n) is 10.9. The van der Waals surface area contributed by atoms with E-state index < -0.39 is 0 Å². The van der Waals surface area contributed by atoms with Gasteiger partial charge < -0.3 is 10.5 Å². The third-order valence-corrected chi connectivity index (χ3v) is 4.29. The molecule has 18 heavy (non-hydrogen) atoms. The van der Waals surface area contributed by atoms with E-state index in [9.17, 15) is 0 Å². The first kappa shape index (κ1) is 11.8. The fourth-order valence-corrected chi connectivity index (χ4v) is 3.16. The predicted molar refractivity (Wildman–Crippen MR) is 73.4 cm³/mol. The third kappa shape index (κ3) is 2.30. The first-order chi connectivity index (χ1) is 8.72. The smallest absolute Gasteiger partial charge is 0.119 e. The Bertz CT molecular complexity index is 435. The molecule has 0 aromatic heterocycles. The molecule has 1 fully saturated rings. The van der Waals surface area contributed by atoms with Crippen LogP contribution in [0.1, 0.15) is 31.4 Å². The zero-order valence-corrected chi connectivity index (χ0v) is 10.9. The fraction of sp³-hybridized carbons (Fsp3) is 0.500. The normalized spacial score (nSPS) is 30.7. The van der Waals surface area contributed by atoms with Crippen molar-refractivity contribution in [2.75, 3.05) is 6.61 Å². The quantitative estimate of drug-likeness (QED) is 0.823. The van der Waals surface area contributed by atoms with Crippen LogP contribution >= 0.6 is 0 Å². The van der Waals surface area contributed by atoms with E-state index in [1.54, 1.807) is 0 Å². The molecule has 2 bridgehead atoms. The number of benzene rings is 1. The summed E-state index contributed by atoms with van der Waals surface area (Å²) in [5.74, 6) is 3.27. The molecule has 0 aliphatic heterocycles. The van der Waals surface area contributed by atoms with Crippen molar-refractivity contribution in [1.82, 2.24) is 0 Å². The van der Waals surface area contributed by atoms with Crippen LogP contribution in [0, 0.1) is 17.8 Å². The number of hydrogen-bond donors (Lipinski definition) is 1. The number of fused-ring (bicyclic) bond motifs is 2. The second-order valence-electron chi connectivity index (χ2n) is 5.71. The molecule has 2 nitrogen and oxygen atoms in total. The predicted octanol–water partition coefficient (Wildman–Crippen LogP) is 3.30. The Balaban J connectivity index is 1.55. The van der Waals surface area contributed by atoms with Gasteiger partial charge in [0.25, 0.3) is 0 Å². The Labute approximate surface area is 109 Å². The lowest BCUT2D eigenvalue weighted by atomic mass is 9.95. The van der Waals surface area contributed by atoms with Crippen molar-refractivity contribution in [3.05, 3.63) is 42.0 Å². The maximum Gasteiger partial charge on any atom is 0.119 e. The molecule has 0 saturated heterocycles. The lowest BCUT2D eigenvalue weighted by Crippen LogP contribution is -2.16. The van der Waals surface area contributed by atoms with Gasteiger partial charge in [-0.25, -0.2) is 0 Å². The number of allylic oxidation sites excluding steroid dienone is 2. The van der Waals surface area contributed by atoms with Crippen LogP contribution in [0.4, 0.5) is 0 Å². The maximum absolute atomic E-state index is 5.90. The first-order valence-electron chi connectivity index (χ1n) is 6.89. The van der Waals surface area contributed by atoms with Crippen LogP contribution in [-0.2, 0) is 0 Å². The average Bonchev–Trinajstić information content (AvgIpc) is 2.99. The largest absolute Gasteiger partial charge is 0.493 e. The first-order valence-corrected chi connectivity index (χ1v) is 6.89. The van der Waals surface area contributed by atoms with Gasteiger partial charge in [0.15, 0.2) is 0 Å².